The quantitative estimate of drug-likeness (QED) is 0.653. The summed E-state index contributed by atoms with van der Waals surface area (Å²) in [6.45, 7) is 5.03. The summed E-state index contributed by atoms with van der Waals surface area (Å²) in [7, 11) is 0. The van der Waals surface area contributed by atoms with Crippen LogP contribution in [0.2, 0.25) is 0 Å². The first-order valence-electron chi connectivity index (χ1n) is 7.95. The van der Waals surface area contributed by atoms with Gasteiger partial charge >= 0.3 is 6.18 Å². The van der Waals surface area contributed by atoms with Crippen molar-refractivity contribution in [1.82, 2.24) is 14.9 Å². The normalized spacial score (nSPS) is 11.5. The molecule has 0 atom stereocenters. The average molecular weight is 394 g/mol. The Bertz CT molecular complexity index is 1040. The van der Waals surface area contributed by atoms with Gasteiger partial charge in [-0.2, -0.15) is 18.3 Å². The predicted octanol–water partition coefficient (Wildman–Crippen LogP) is 4.36. The van der Waals surface area contributed by atoms with E-state index in [-0.39, 0.29) is 23.5 Å². The number of carbonyl (C=O) groups excluding carboxylic acids is 1. The summed E-state index contributed by atoms with van der Waals surface area (Å²) in [5, 5.41) is 10.0. The Balaban J connectivity index is 1.75. The number of hydrogen-bond donors (Lipinski definition) is 1. The highest BCUT2D eigenvalue weighted by Crippen LogP contribution is 2.32. The van der Waals surface area contributed by atoms with Gasteiger partial charge in [0.1, 0.15) is 5.82 Å². The largest absolute Gasteiger partial charge is 0.416 e. The van der Waals surface area contributed by atoms with Gasteiger partial charge in [0, 0.05) is 12.3 Å². The number of alkyl halides is 3. The van der Waals surface area contributed by atoms with E-state index in [4.69, 9.17) is 4.52 Å². The molecule has 0 fully saturated rings. The Morgan fingerprint density at radius 3 is 2.71 bits per heavy atom. The van der Waals surface area contributed by atoms with Gasteiger partial charge in [-0.1, -0.05) is 11.7 Å². The second-order valence-electron chi connectivity index (χ2n) is 6.04. The van der Waals surface area contributed by atoms with E-state index < -0.39 is 23.5 Å². The van der Waals surface area contributed by atoms with Crippen LogP contribution in [0.1, 0.15) is 34.3 Å². The predicted molar refractivity (Wildman–Crippen MR) is 91.9 cm³/mol. The first-order valence-corrected chi connectivity index (χ1v) is 7.95. The van der Waals surface area contributed by atoms with E-state index in [9.17, 15) is 22.4 Å². The number of benzene rings is 1. The van der Waals surface area contributed by atoms with Crippen LogP contribution >= 0.6 is 0 Å². The molecule has 6 nitrogen and oxygen atoms in total. The highest BCUT2D eigenvalue weighted by atomic mass is 19.4. The number of carbonyl (C=O) groups is 1. The van der Waals surface area contributed by atoms with E-state index in [1.165, 1.54) is 18.5 Å². The van der Waals surface area contributed by atoms with Crippen molar-refractivity contribution in [1.29, 1.82) is 0 Å². The number of rotatable bonds is 5. The minimum absolute atomic E-state index is 0.00948. The van der Waals surface area contributed by atoms with Gasteiger partial charge in [-0.05, 0) is 36.3 Å². The van der Waals surface area contributed by atoms with Crippen molar-refractivity contribution in [3.63, 3.8) is 0 Å². The summed E-state index contributed by atoms with van der Waals surface area (Å²) < 4.78 is 58.7. The lowest BCUT2D eigenvalue weighted by molar-refractivity contribution is -0.138. The summed E-state index contributed by atoms with van der Waals surface area (Å²) >= 11 is 0. The molecule has 0 radical (unpaired) electrons. The minimum atomic E-state index is -4.62. The van der Waals surface area contributed by atoms with Gasteiger partial charge in [0.05, 0.1) is 24.0 Å². The van der Waals surface area contributed by atoms with Gasteiger partial charge < -0.3 is 9.84 Å². The van der Waals surface area contributed by atoms with Crippen molar-refractivity contribution in [2.24, 2.45) is 0 Å². The molecule has 0 bridgehead atoms. The first-order chi connectivity index (χ1) is 13.1. The van der Waals surface area contributed by atoms with E-state index in [0.717, 1.165) is 16.8 Å². The fraction of sp³-hybridized carbons (Fsp3) is 0.167. The van der Waals surface area contributed by atoms with Crippen LogP contribution in [0.15, 0.2) is 47.8 Å². The van der Waals surface area contributed by atoms with Crippen LogP contribution in [0, 0.1) is 5.82 Å². The summed E-state index contributed by atoms with van der Waals surface area (Å²) in [6.07, 6.45) is -2.05. The third-order valence-corrected chi connectivity index (χ3v) is 3.76. The molecule has 0 saturated heterocycles. The van der Waals surface area contributed by atoms with E-state index >= 15 is 0 Å². The molecule has 0 unspecified atom stereocenters. The van der Waals surface area contributed by atoms with Crippen LogP contribution in [0.5, 0.6) is 0 Å². The maximum atomic E-state index is 13.4. The third-order valence-electron chi connectivity index (χ3n) is 3.76. The summed E-state index contributed by atoms with van der Waals surface area (Å²) in [6, 6.07) is 3.64. The molecule has 0 aliphatic rings. The maximum absolute atomic E-state index is 13.4. The molecule has 28 heavy (non-hydrogen) atoms. The lowest BCUT2D eigenvalue weighted by atomic mass is 10.1. The molecule has 0 aliphatic carbocycles. The number of nitrogens with one attached hydrogen (secondary N) is 1. The Hall–Kier alpha value is -3.43. The van der Waals surface area contributed by atoms with Gasteiger partial charge in [0.15, 0.2) is 11.5 Å². The van der Waals surface area contributed by atoms with Gasteiger partial charge in [-0.25, -0.2) is 4.39 Å². The SMILES string of the molecule is C=C(C)c1cc(C(=O)Nc2cnn(Cc3cc(F)ccc3C(F)(F)F)c2)no1. The van der Waals surface area contributed by atoms with Gasteiger partial charge in [-0.3, -0.25) is 9.48 Å². The fourth-order valence-electron chi connectivity index (χ4n) is 2.44. The topological polar surface area (TPSA) is 73.0 Å². The van der Waals surface area contributed by atoms with Crippen LogP contribution in [0.4, 0.5) is 23.2 Å². The maximum Gasteiger partial charge on any atom is 0.416 e. The second kappa shape index (κ2) is 7.29. The number of nitrogens with zero attached hydrogens (tertiary/aromatic N) is 3. The molecule has 1 aromatic carbocycles. The number of allylic oxidation sites excluding steroid dienone is 1. The zero-order valence-corrected chi connectivity index (χ0v) is 14.5. The van der Waals surface area contributed by atoms with Crippen LogP contribution in [0.25, 0.3) is 5.57 Å². The fourth-order valence-corrected chi connectivity index (χ4v) is 2.44. The number of anilines is 1. The Morgan fingerprint density at radius 2 is 2.07 bits per heavy atom. The van der Waals surface area contributed by atoms with Gasteiger partial charge in [-0.15, -0.1) is 0 Å². The Labute approximate surface area is 156 Å². The molecule has 0 saturated carbocycles. The van der Waals surface area contributed by atoms with E-state index in [2.05, 4.69) is 22.2 Å². The summed E-state index contributed by atoms with van der Waals surface area (Å²) in [5.74, 6) is -1.02. The van der Waals surface area contributed by atoms with Gasteiger partial charge in [0.25, 0.3) is 5.91 Å². The Kier molecular flexibility index (Phi) is 5.04. The van der Waals surface area contributed by atoms with Crippen molar-refractivity contribution in [2.45, 2.75) is 19.6 Å². The molecule has 10 heteroatoms. The molecule has 1 amide bonds. The van der Waals surface area contributed by atoms with Crippen molar-refractivity contribution >= 4 is 17.2 Å². The number of amides is 1. The van der Waals surface area contributed by atoms with E-state index in [0.29, 0.717) is 17.4 Å². The second-order valence-corrected chi connectivity index (χ2v) is 6.04. The zero-order valence-electron chi connectivity index (χ0n) is 14.5. The van der Waals surface area contributed by atoms with Gasteiger partial charge in [0.2, 0.25) is 0 Å². The molecule has 1 N–H and O–H groups in total. The van der Waals surface area contributed by atoms with Crippen LogP contribution in [0.3, 0.4) is 0 Å². The molecular formula is C18H14F4N4O2. The lowest BCUT2D eigenvalue weighted by Gasteiger charge is -2.12. The minimum Gasteiger partial charge on any atom is -0.356 e. The number of halogens is 4. The molecule has 3 rings (SSSR count). The Morgan fingerprint density at radius 1 is 1.32 bits per heavy atom. The average Bonchev–Trinajstić information content (AvgIpc) is 3.23. The molecule has 2 aromatic heterocycles. The zero-order chi connectivity index (χ0) is 20.5. The number of hydrogen-bond acceptors (Lipinski definition) is 4. The molecule has 2 heterocycles. The standard InChI is InChI=1S/C18H14F4N4O2/c1-10(2)16-6-15(25-28-16)17(27)24-13-7-23-26(9-13)8-11-5-12(19)3-4-14(11)18(20,21)22/h3-7,9H,1,8H2,2H3,(H,24,27). The van der Waals surface area contributed by atoms with E-state index in [1.54, 1.807) is 6.92 Å². The van der Waals surface area contributed by atoms with Crippen LogP contribution in [-0.2, 0) is 12.7 Å². The molecule has 0 spiro atoms. The van der Waals surface area contributed by atoms with Crippen molar-refractivity contribution < 1.29 is 26.9 Å². The van der Waals surface area contributed by atoms with Crippen LogP contribution < -0.4 is 5.32 Å². The highest BCUT2D eigenvalue weighted by Gasteiger charge is 2.33. The monoisotopic (exact) mass is 394 g/mol. The molecule has 146 valence electrons. The van der Waals surface area contributed by atoms with E-state index in [1.807, 2.05) is 0 Å². The smallest absolute Gasteiger partial charge is 0.356 e. The van der Waals surface area contributed by atoms with Crippen molar-refractivity contribution in [2.75, 3.05) is 5.32 Å². The molecule has 3 aromatic rings. The molecule has 0 aliphatic heterocycles. The number of aromatic nitrogens is 3. The van der Waals surface area contributed by atoms with Crippen LogP contribution in [-0.4, -0.2) is 20.8 Å². The first kappa shape index (κ1) is 19.3. The van der Waals surface area contributed by atoms with Crippen molar-refractivity contribution in [3.8, 4) is 0 Å². The lowest BCUT2D eigenvalue weighted by Crippen LogP contribution is -2.13. The van der Waals surface area contributed by atoms with Crippen molar-refractivity contribution in [3.05, 3.63) is 71.6 Å². The molecular weight excluding hydrogens is 380 g/mol. The highest BCUT2D eigenvalue weighted by molar-refractivity contribution is 6.02. The summed E-state index contributed by atoms with van der Waals surface area (Å²) in [5.41, 5.74) is -0.402. The third kappa shape index (κ3) is 4.27. The summed E-state index contributed by atoms with van der Waals surface area (Å²) in [4.78, 5) is 12.1.